The maximum Gasteiger partial charge on any atom is 0.237 e. The molecule has 1 heterocycles. The maximum atomic E-state index is 12.9. The van der Waals surface area contributed by atoms with E-state index in [4.69, 9.17) is 0 Å². The molecular weight excluding hydrogens is 362 g/mol. The molecule has 5 nitrogen and oxygen atoms in total. The number of piperazine rings is 1. The first-order chi connectivity index (χ1) is 13.8. The molecule has 154 valence electrons. The lowest BCUT2D eigenvalue weighted by atomic mass is 9.89. The molecule has 2 N–H and O–H groups in total. The minimum absolute atomic E-state index is 0.0727. The Morgan fingerprint density at radius 1 is 1.21 bits per heavy atom. The van der Waals surface area contributed by atoms with Gasteiger partial charge in [0.1, 0.15) is 0 Å². The second-order valence-corrected chi connectivity index (χ2v) is 8.49. The van der Waals surface area contributed by atoms with Crippen molar-refractivity contribution in [2.75, 3.05) is 19.6 Å². The van der Waals surface area contributed by atoms with Crippen molar-refractivity contribution in [3.63, 3.8) is 0 Å². The Hall–Kier alpha value is -2.66. The number of hydrogen-bond acceptors (Lipinski definition) is 3. The van der Waals surface area contributed by atoms with Gasteiger partial charge >= 0.3 is 0 Å². The summed E-state index contributed by atoms with van der Waals surface area (Å²) in [5.74, 6) is -0.191. The number of carbonyl (C=O) groups excluding carboxylic acids is 2. The van der Waals surface area contributed by atoms with Gasteiger partial charge in [0, 0.05) is 19.6 Å². The van der Waals surface area contributed by atoms with E-state index >= 15 is 0 Å². The predicted octanol–water partition coefficient (Wildman–Crippen LogP) is 3.35. The van der Waals surface area contributed by atoms with Gasteiger partial charge in [-0.3, -0.25) is 14.5 Å². The van der Waals surface area contributed by atoms with E-state index < -0.39 is 11.6 Å². The third-order valence-electron chi connectivity index (χ3n) is 5.47. The molecule has 0 radical (unpaired) electrons. The van der Waals surface area contributed by atoms with E-state index in [-0.39, 0.29) is 18.2 Å². The molecule has 1 saturated heterocycles. The molecule has 1 fully saturated rings. The standard InChI is InChI=1S/C24H31N3O2/c1-17(2)12-14-27-15-13-25-23(29)21(27)16-22(28)26-24(3,4)20-11-7-9-18-8-5-6-10-19(18)20/h5-12,21H,13-16H2,1-4H3,(H,25,29)(H,26,28)/t21-/m0/s1. The van der Waals surface area contributed by atoms with Crippen molar-refractivity contribution >= 4 is 22.6 Å². The predicted molar refractivity (Wildman–Crippen MR) is 118 cm³/mol. The highest BCUT2D eigenvalue weighted by Crippen LogP contribution is 2.28. The monoisotopic (exact) mass is 393 g/mol. The number of benzene rings is 2. The number of hydrogen-bond donors (Lipinski definition) is 2. The minimum Gasteiger partial charge on any atom is -0.353 e. The average Bonchev–Trinajstić information content (AvgIpc) is 2.67. The number of fused-ring (bicyclic) bond motifs is 1. The van der Waals surface area contributed by atoms with Crippen LogP contribution in [-0.2, 0) is 15.1 Å². The fourth-order valence-corrected chi connectivity index (χ4v) is 3.92. The lowest BCUT2D eigenvalue weighted by Crippen LogP contribution is -2.57. The van der Waals surface area contributed by atoms with Crippen molar-refractivity contribution in [2.24, 2.45) is 0 Å². The van der Waals surface area contributed by atoms with Crippen LogP contribution in [0, 0.1) is 0 Å². The van der Waals surface area contributed by atoms with Gasteiger partial charge in [0.2, 0.25) is 11.8 Å². The summed E-state index contributed by atoms with van der Waals surface area (Å²) in [5.41, 5.74) is 1.73. The van der Waals surface area contributed by atoms with Gasteiger partial charge in [-0.2, -0.15) is 0 Å². The number of nitrogens with zero attached hydrogens (tertiary/aromatic N) is 1. The molecule has 5 heteroatoms. The molecule has 29 heavy (non-hydrogen) atoms. The molecular formula is C24H31N3O2. The number of allylic oxidation sites excluding steroid dienone is 1. The Balaban J connectivity index is 1.75. The molecule has 2 amide bonds. The van der Waals surface area contributed by atoms with Crippen LogP contribution in [0.2, 0.25) is 0 Å². The number of rotatable bonds is 6. The smallest absolute Gasteiger partial charge is 0.237 e. The first kappa shape index (κ1) is 21.1. The van der Waals surface area contributed by atoms with E-state index in [0.717, 1.165) is 22.9 Å². The van der Waals surface area contributed by atoms with Crippen molar-refractivity contribution in [2.45, 2.75) is 45.7 Å². The fourth-order valence-electron chi connectivity index (χ4n) is 3.92. The van der Waals surface area contributed by atoms with Crippen LogP contribution in [0.4, 0.5) is 0 Å². The molecule has 0 aliphatic carbocycles. The highest BCUT2D eigenvalue weighted by molar-refractivity contribution is 5.90. The van der Waals surface area contributed by atoms with Gasteiger partial charge in [-0.15, -0.1) is 0 Å². The highest BCUT2D eigenvalue weighted by Gasteiger charge is 2.33. The molecule has 1 atom stereocenters. The van der Waals surface area contributed by atoms with Gasteiger partial charge in [0.05, 0.1) is 18.0 Å². The SMILES string of the molecule is CC(C)=CCN1CCNC(=O)[C@@H]1CC(=O)NC(C)(C)c1cccc2ccccc12. The first-order valence-corrected chi connectivity index (χ1v) is 10.2. The van der Waals surface area contributed by atoms with E-state index in [2.05, 4.69) is 45.9 Å². The molecule has 0 saturated carbocycles. The van der Waals surface area contributed by atoms with E-state index in [9.17, 15) is 9.59 Å². The summed E-state index contributed by atoms with van der Waals surface area (Å²) in [4.78, 5) is 27.5. The van der Waals surface area contributed by atoms with E-state index in [1.807, 2.05) is 45.9 Å². The summed E-state index contributed by atoms with van der Waals surface area (Å²) in [7, 11) is 0. The van der Waals surface area contributed by atoms with Crippen molar-refractivity contribution < 1.29 is 9.59 Å². The van der Waals surface area contributed by atoms with Crippen LogP contribution in [0.15, 0.2) is 54.1 Å². The molecule has 2 aromatic rings. The molecule has 1 aliphatic heterocycles. The van der Waals surface area contributed by atoms with Crippen LogP contribution in [0.3, 0.4) is 0 Å². The maximum absolute atomic E-state index is 12.9. The Morgan fingerprint density at radius 3 is 2.69 bits per heavy atom. The van der Waals surface area contributed by atoms with Crippen molar-refractivity contribution in [1.82, 2.24) is 15.5 Å². The van der Waals surface area contributed by atoms with Crippen LogP contribution in [-0.4, -0.2) is 42.4 Å². The van der Waals surface area contributed by atoms with Gasteiger partial charge < -0.3 is 10.6 Å². The quantitative estimate of drug-likeness (QED) is 0.740. The molecule has 2 aromatic carbocycles. The van der Waals surface area contributed by atoms with E-state index in [1.54, 1.807) is 0 Å². The highest BCUT2D eigenvalue weighted by atomic mass is 16.2. The van der Waals surface area contributed by atoms with Crippen LogP contribution < -0.4 is 10.6 Å². The third-order valence-corrected chi connectivity index (χ3v) is 5.47. The van der Waals surface area contributed by atoms with Gasteiger partial charge in [0.15, 0.2) is 0 Å². The van der Waals surface area contributed by atoms with Crippen LogP contribution in [0.5, 0.6) is 0 Å². The molecule has 0 aromatic heterocycles. The summed E-state index contributed by atoms with van der Waals surface area (Å²) in [6, 6.07) is 13.9. The summed E-state index contributed by atoms with van der Waals surface area (Å²) in [5, 5.41) is 8.32. The second-order valence-electron chi connectivity index (χ2n) is 8.49. The van der Waals surface area contributed by atoms with E-state index in [1.165, 1.54) is 5.57 Å². The minimum atomic E-state index is -0.548. The average molecular weight is 394 g/mol. The normalized spacial score (nSPS) is 17.7. The Bertz CT molecular complexity index is 923. The lowest BCUT2D eigenvalue weighted by molar-refractivity contribution is -0.134. The zero-order valence-electron chi connectivity index (χ0n) is 17.8. The summed E-state index contributed by atoms with van der Waals surface area (Å²) in [6.45, 7) is 10.1. The molecule has 1 aliphatic rings. The summed E-state index contributed by atoms with van der Waals surface area (Å²) >= 11 is 0. The Kier molecular flexibility index (Phi) is 6.38. The first-order valence-electron chi connectivity index (χ1n) is 10.2. The Morgan fingerprint density at radius 2 is 1.93 bits per heavy atom. The Labute approximate surface area is 173 Å². The fraction of sp³-hybridized carbons (Fsp3) is 0.417. The van der Waals surface area contributed by atoms with Crippen LogP contribution in [0.1, 0.15) is 39.7 Å². The van der Waals surface area contributed by atoms with Gasteiger partial charge in [-0.1, -0.05) is 54.1 Å². The topological polar surface area (TPSA) is 61.4 Å². The van der Waals surface area contributed by atoms with Crippen molar-refractivity contribution in [3.05, 3.63) is 59.7 Å². The number of nitrogens with one attached hydrogen (secondary N) is 2. The van der Waals surface area contributed by atoms with Gasteiger partial charge in [-0.25, -0.2) is 0 Å². The number of carbonyl (C=O) groups is 2. The molecule has 0 bridgehead atoms. The molecule has 3 rings (SSSR count). The zero-order valence-corrected chi connectivity index (χ0v) is 17.8. The van der Waals surface area contributed by atoms with Crippen molar-refractivity contribution in [1.29, 1.82) is 0 Å². The largest absolute Gasteiger partial charge is 0.353 e. The van der Waals surface area contributed by atoms with E-state index in [0.29, 0.717) is 13.1 Å². The molecule has 0 unspecified atom stereocenters. The second kappa shape index (κ2) is 8.78. The van der Waals surface area contributed by atoms with Gasteiger partial charge in [-0.05, 0) is 44.0 Å². The summed E-state index contributed by atoms with van der Waals surface area (Å²) < 4.78 is 0. The van der Waals surface area contributed by atoms with Crippen molar-refractivity contribution in [3.8, 4) is 0 Å². The van der Waals surface area contributed by atoms with Crippen LogP contribution >= 0.6 is 0 Å². The lowest BCUT2D eigenvalue weighted by Gasteiger charge is -2.35. The number of amides is 2. The molecule has 0 spiro atoms. The third kappa shape index (κ3) is 5.04. The van der Waals surface area contributed by atoms with Gasteiger partial charge in [0.25, 0.3) is 0 Å². The van der Waals surface area contributed by atoms with Crippen LogP contribution in [0.25, 0.3) is 10.8 Å². The zero-order chi connectivity index (χ0) is 21.0. The summed E-state index contributed by atoms with van der Waals surface area (Å²) in [6.07, 6.45) is 2.25.